The Kier molecular flexibility index (Phi) is 3.76. The monoisotopic (exact) mass is 315 g/mol. The van der Waals surface area contributed by atoms with E-state index in [0.29, 0.717) is 17.5 Å². The minimum atomic E-state index is -3.68. The van der Waals surface area contributed by atoms with E-state index in [1.807, 2.05) is 19.1 Å². The maximum Gasteiger partial charge on any atom is 0.268 e. The molecule has 0 saturated heterocycles. The lowest BCUT2D eigenvalue weighted by molar-refractivity contribution is 0.175. The molecule has 0 saturated carbocycles. The molecule has 3 aromatic rings. The molecule has 4 nitrogen and oxygen atoms in total. The molecule has 0 radical (unpaired) electrons. The normalized spacial score (nSPS) is 13.4. The molecule has 0 aliphatic carbocycles. The zero-order valence-corrected chi connectivity index (χ0v) is 13.0. The SMILES string of the molecule is CCC(O)c1cn(S(=O)(=O)c2ccccc2)c2ccccc12. The van der Waals surface area contributed by atoms with E-state index < -0.39 is 16.1 Å². The van der Waals surface area contributed by atoms with Crippen molar-refractivity contribution in [3.05, 3.63) is 66.4 Å². The molecular weight excluding hydrogens is 298 g/mol. The second-order valence-electron chi connectivity index (χ2n) is 5.14. The third kappa shape index (κ3) is 2.32. The molecule has 0 aliphatic rings. The van der Waals surface area contributed by atoms with Crippen molar-refractivity contribution in [1.82, 2.24) is 3.97 Å². The Balaban J connectivity index is 2.28. The number of aliphatic hydroxyl groups excluding tert-OH is 1. The van der Waals surface area contributed by atoms with Crippen LogP contribution < -0.4 is 0 Å². The number of rotatable bonds is 4. The molecule has 0 aliphatic heterocycles. The molecule has 0 amide bonds. The maximum atomic E-state index is 12.9. The van der Waals surface area contributed by atoms with Crippen LogP contribution in [0.4, 0.5) is 0 Å². The summed E-state index contributed by atoms with van der Waals surface area (Å²) in [5.74, 6) is 0. The predicted octanol–water partition coefficient (Wildman–Crippen LogP) is 3.32. The number of para-hydroxylation sites is 1. The van der Waals surface area contributed by atoms with Gasteiger partial charge in [0, 0.05) is 17.1 Å². The Hall–Kier alpha value is -2.11. The van der Waals surface area contributed by atoms with Gasteiger partial charge in [-0.3, -0.25) is 0 Å². The number of nitrogens with zero attached hydrogens (tertiary/aromatic N) is 1. The first-order chi connectivity index (χ1) is 10.6. The summed E-state index contributed by atoms with van der Waals surface area (Å²) in [6.07, 6.45) is 1.37. The van der Waals surface area contributed by atoms with Crippen molar-refractivity contribution in [2.45, 2.75) is 24.3 Å². The Morgan fingerprint density at radius 3 is 2.36 bits per heavy atom. The highest BCUT2D eigenvalue weighted by molar-refractivity contribution is 7.90. The predicted molar refractivity (Wildman–Crippen MR) is 86.2 cm³/mol. The molecule has 1 unspecified atom stereocenters. The van der Waals surface area contributed by atoms with E-state index in [0.717, 1.165) is 5.39 Å². The Morgan fingerprint density at radius 2 is 1.68 bits per heavy atom. The summed E-state index contributed by atoms with van der Waals surface area (Å²) < 4.78 is 27.0. The van der Waals surface area contributed by atoms with Gasteiger partial charge in [-0.15, -0.1) is 0 Å². The standard InChI is InChI=1S/C17H17NO3S/c1-2-17(19)15-12-18(16-11-7-6-10-14(15)16)22(20,21)13-8-4-3-5-9-13/h3-12,17,19H,2H2,1H3. The summed E-state index contributed by atoms with van der Waals surface area (Å²) in [6, 6.07) is 15.5. The van der Waals surface area contributed by atoms with Crippen LogP contribution in [0, 0.1) is 0 Å². The second-order valence-corrected chi connectivity index (χ2v) is 6.95. The van der Waals surface area contributed by atoms with Crippen molar-refractivity contribution < 1.29 is 13.5 Å². The lowest BCUT2D eigenvalue weighted by Crippen LogP contribution is -2.11. The molecule has 114 valence electrons. The average Bonchev–Trinajstić information content (AvgIpc) is 2.95. The molecule has 1 aromatic heterocycles. The number of hydrogen-bond donors (Lipinski definition) is 1. The van der Waals surface area contributed by atoms with Crippen LogP contribution in [-0.4, -0.2) is 17.5 Å². The van der Waals surface area contributed by atoms with Crippen LogP contribution in [0.5, 0.6) is 0 Å². The smallest absolute Gasteiger partial charge is 0.268 e. The first-order valence-corrected chi connectivity index (χ1v) is 8.58. The van der Waals surface area contributed by atoms with Crippen LogP contribution in [0.15, 0.2) is 65.7 Å². The number of aromatic nitrogens is 1. The Bertz CT molecular complexity index is 898. The third-order valence-corrected chi connectivity index (χ3v) is 5.44. The van der Waals surface area contributed by atoms with Crippen LogP contribution >= 0.6 is 0 Å². The van der Waals surface area contributed by atoms with Crippen LogP contribution in [-0.2, 0) is 10.0 Å². The summed E-state index contributed by atoms with van der Waals surface area (Å²) in [4.78, 5) is 0.230. The summed E-state index contributed by atoms with van der Waals surface area (Å²) in [5, 5.41) is 10.9. The van der Waals surface area contributed by atoms with Gasteiger partial charge in [-0.25, -0.2) is 12.4 Å². The topological polar surface area (TPSA) is 59.3 Å². The number of benzene rings is 2. The van der Waals surface area contributed by atoms with Gasteiger partial charge in [0.15, 0.2) is 0 Å². The van der Waals surface area contributed by atoms with Crippen LogP contribution in [0.2, 0.25) is 0 Å². The van der Waals surface area contributed by atoms with Crippen molar-refractivity contribution in [1.29, 1.82) is 0 Å². The molecular formula is C17H17NO3S. The van der Waals surface area contributed by atoms with E-state index in [4.69, 9.17) is 0 Å². The summed E-state index contributed by atoms with van der Waals surface area (Å²) in [7, 11) is -3.68. The van der Waals surface area contributed by atoms with Gasteiger partial charge in [-0.05, 0) is 24.6 Å². The Labute approximate surface area is 129 Å². The van der Waals surface area contributed by atoms with Crippen molar-refractivity contribution >= 4 is 20.9 Å². The number of hydrogen-bond acceptors (Lipinski definition) is 3. The third-order valence-electron chi connectivity index (χ3n) is 3.75. The molecule has 2 aromatic carbocycles. The van der Waals surface area contributed by atoms with E-state index in [1.54, 1.807) is 42.5 Å². The molecule has 0 fully saturated rings. The minimum absolute atomic E-state index is 0.230. The maximum absolute atomic E-state index is 12.9. The number of aliphatic hydroxyl groups is 1. The fraction of sp³-hybridized carbons (Fsp3) is 0.176. The van der Waals surface area contributed by atoms with Crippen LogP contribution in [0.25, 0.3) is 10.9 Å². The molecule has 0 spiro atoms. The van der Waals surface area contributed by atoms with Gasteiger partial charge in [-0.2, -0.15) is 0 Å². The first kappa shape index (κ1) is 14.8. The quantitative estimate of drug-likeness (QED) is 0.803. The molecule has 1 N–H and O–H groups in total. The van der Waals surface area contributed by atoms with Gasteiger partial charge in [0.05, 0.1) is 16.5 Å². The fourth-order valence-electron chi connectivity index (χ4n) is 2.57. The zero-order valence-electron chi connectivity index (χ0n) is 12.2. The van der Waals surface area contributed by atoms with Gasteiger partial charge in [0.25, 0.3) is 10.0 Å². The van der Waals surface area contributed by atoms with Crippen molar-refractivity contribution in [2.75, 3.05) is 0 Å². The summed E-state index contributed by atoms with van der Waals surface area (Å²) >= 11 is 0. The molecule has 22 heavy (non-hydrogen) atoms. The second kappa shape index (κ2) is 5.59. The lowest BCUT2D eigenvalue weighted by atomic mass is 10.1. The van der Waals surface area contributed by atoms with Crippen molar-refractivity contribution in [2.24, 2.45) is 0 Å². The largest absolute Gasteiger partial charge is 0.388 e. The average molecular weight is 315 g/mol. The highest BCUT2D eigenvalue weighted by atomic mass is 32.2. The van der Waals surface area contributed by atoms with Crippen LogP contribution in [0.3, 0.4) is 0 Å². The van der Waals surface area contributed by atoms with Crippen LogP contribution in [0.1, 0.15) is 25.0 Å². The first-order valence-electron chi connectivity index (χ1n) is 7.14. The van der Waals surface area contributed by atoms with Gasteiger partial charge in [0.1, 0.15) is 0 Å². The summed E-state index contributed by atoms with van der Waals surface area (Å²) in [6.45, 7) is 1.86. The van der Waals surface area contributed by atoms with E-state index >= 15 is 0 Å². The Morgan fingerprint density at radius 1 is 1.05 bits per heavy atom. The highest BCUT2D eigenvalue weighted by Gasteiger charge is 2.22. The minimum Gasteiger partial charge on any atom is -0.388 e. The highest BCUT2D eigenvalue weighted by Crippen LogP contribution is 2.30. The van der Waals surface area contributed by atoms with Gasteiger partial charge in [-0.1, -0.05) is 43.3 Å². The zero-order chi connectivity index (χ0) is 15.7. The molecule has 0 bridgehead atoms. The van der Waals surface area contributed by atoms with Crippen molar-refractivity contribution in [3.8, 4) is 0 Å². The van der Waals surface area contributed by atoms with Gasteiger partial charge < -0.3 is 5.11 Å². The fourth-order valence-corrected chi connectivity index (χ4v) is 3.96. The molecule has 1 heterocycles. The van der Waals surface area contributed by atoms with Crippen molar-refractivity contribution in [3.63, 3.8) is 0 Å². The lowest BCUT2D eigenvalue weighted by Gasteiger charge is -2.07. The molecule has 1 atom stereocenters. The number of fused-ring (bicyclic) bond motifs is 1. The van der Waals surface area contributed by atoms with E-state index in [2.05, 4.69) is 0 Å². The molecule has 3 rings (SSSR count). The van der Waals surface area contributed by atoms with Gasteiger partial charge >= 0.3 is 0 Å². The molecule has 5 heteroatoms. The van der Waals surface area contributed by atoms with E-state index in [9.17, 15) is 13.5 Å². The van der Waals surface area contributed by atoms with E-state index in [-0.39, 0.29) is 4.90 Å². The summed E-state index contributed by atoms with van der Waals surface area (Å²) in [5.41, 5.74) is 1.21. The van der Waals surface area contributed by atoms with Gasteiger partial charge in [0.2, 0.25) is 0 Å². The van der Waals surface area contributed by atoms with E-state index in [1.165, 1.54) is 10.2 Å².